The van der Waals surface area contributed by atoms with Crippen molar-refractivity contribution >= 4 is 22.9 Å². The van der Waals surface area contributed by atoms with Crippen LogP contribution in [0.25, 0.3) is 22.2 Å². The van der Waals surface area contributed by atoms with E-state index in [2.05, 4.69) is 25.5 Å². The molecule has 4 aromatic rings. The summed E-state index contributed by atoms with van der Waals surface area (Å²) >= 11 is 1.46. The Kier molecular flexibility index (Phi) is 4.55. The summed E-state index contributed by atoms with van der Waals surface area (Å²) < 4.78 is 5.57. The molecule has 27 heavy (non-hydrogen) atoms. The summed E-state index contributed by atoms with van der Waals surface area (Å²) in [5.74, 6) is 2.76. The van der Waals surface area contributed by atoms with E-state index in [1.807, 2.05) is 55.6 Å². The van der Waals surface area contributed by atoms with Crippen LogP contribution in [-0.4, -0.2) is 26.1 Å². The minimum absolute atomic E-state index is 0.134. The smallest absolute Gasteiger partial charge is 0.230 e. The molecule has 1 amide bonds. The summed E-state index contributed by atoms with van der Waals surface area (Å²) in [6.45, 7) is 3.73. The van der Waals surface area contributed by atoms with Crippen molar-refractivity contribution in [3.63, 3.8) is 0 Å². The predicted molar refractivity (Wildman–Crippen MR) is 103 cm³/mol. The fraction of sp³-hybridized carbons (Fsp3) is 0.158. The number of H-pyrrole nitrogens is 1. The van der Waals surface area contributed by atoms with Crippen LogP contribution in [0.3, 0.4) is 0 Å². The van der Waals surface area contributed by atoms with E-state index in [1.165, 1.54) is 11.3 Å². The molecule has 8 heteroatoms. The van der Waals surface area contributed by atoms with E-state index in [1.54, 1.807) is 0 Å². The number of thiazole rings is 1. The molecule has 0 saturated heterocycles. The number of nitrogens with one attached hydrogen (secondary N) is 2. The van der Waals surface area contributed by atoms with Crippen molar-refractivity contribution in [2.45, 2.75) is 20.3 Å². The van der Waals surface area contributed by atoms with Gasteiger partial charge < -0.3 is 9.73 Å². The molecule has 4 rings (SSSR count). The minimum Gasteiger partial charge on any atom is -0.459 e. The highest BCUT2D eigenvalue weighted by Crippen LogP contribution is 2.26. The Hall–Kier alpha value is -3.26. The molecule has 0 aliphatic carbocycles. The summed E-state index contributed by atoms with van der Waals surface area (Å²) in [5, 5.41) is 12.5. The molecule has 0 fully saturated rings. The van der Waals surface area contributed by atoms with Crippen LogP contribution in [0.15, 0.2) is 46.2 Å². The number of aromatic nitrogens is 4. The third-order valence-corrected chi connectivity index (χ3v) is 4.75. The van der Waals surface area contributed by atoms with E-state index in [4.69, 9.17) is 4.42 Å². The number of nitrogens with zero attached hydrogens (tertiary/aromatic N) is 3. The van der Waals surface area contributed by atoms with Gasteiger partial charge in [0, 0.05) is 16.6 Å². The fourth-order valence-electron chi connectivity index (χ4n) is 2.63. The monoisotopic (exact) mass is 379 g/mol. The Morgan fingerprint density at radius 2 is 2.11 bits per heavy atom. The molecule has 0 bridgehead atoms. The first-order valence-electron chi connectivity index (χ1n) is 8.37. The minimum atomic E-state index is -0.134. The van der Waals surface area contributed by atoms with Gasteiger partial charge in [-0.3, -0.25) is 9.89 Å². The highest BCUT2D eigenvalue weighted by molar-refractivity contribution is 7.13. The number of amides is 1. The lowest BCUT2D eigenvalue weighted by molar-refractivity contribution is -0.115. The van der Waals surface area contributed by atoms with Crippen molar-refractivity contribution in [3.8, 4) is 22.2 Å². The molecule has 0 aliphatic rings. The van der Waals surface area contributed by atoms with E-state index in [0.717, 1.165) is 27.9 Å². The van der Waals surface area contributed by atoms with Gasteiger partial charge in [0.05, 0.1) is 12.1 Å². The van der Waals surface area contributed by atoms with E-state index in [9.17, 15) is 4.79 Å². The highest BCUT2D eigenvalue weighted by atomic mass is 32.1. The zero-order valence-electron chi connectivity index (χ0n) is 14.8. The van der Waals surface area contributed by atoms with Crippen LogP contribution in [0.1, 0.15) is 17.3 Å². The molecular weight excluding hydrogens is 362 g/mol. The molecule has 0 radical (unpaired) electrons. The summed E-state index contributed by atoms with van der Waals surface area (Å²) in [5.41, 5.74) is 2.24. The Labute approximate surface area is 159 Å². The molecule has 0 unspecified atom stereocenters. The highest BCUT2D eigenvalue weighted by Gasteiger charge is 2.12. The van der Waals surface area contributed by atoms with Crippen molar-refractivity contribution in [1.82, 2.24) is 20.2 Å². The number of hydrogen-bond donors (Lipinski definition) is 2. The molecule has 2 N–H and O–H groups in total. The maximum absolute atomic E-state index is 12.4. The van der Waals surface area contributed by atoms with Crippen LogP contribution in [0.5, 0.6) is 0 Å². The molecule has 0 aliphatic heterocycles. The van der Waals surface area contributed by atoms with Crippen LogP contribution < -0.4 is 5.32 Å². The Morgan fingerprint density at radius 3 is 2.85 bits per heavy atom. The first kappa shape index (κ1) is 17.2. The van der Waals surface area contributed by atoms with Crippen molar-refractivity contribution in [1.29, 1.82) is 0 Å². The van der Waals surface area contributed by atoms with Crippen LogP contribution >= 0.6 is 11.3 Å². The molecular formula is C19H17N5O2S. The van der Waals surface area contributed by atoms with Crippen LogP contribution in [-0.2, 0) is 11.2 Å². The second kappa shape index (κ2) is 7.16. The van der Waals surface area contributed by atoms with Gasteiger partial charge >= 0.3 is 0 Å². The normalized spacial score (nSPS) is 10.9. The third-order valence-electron chi connectivity index (χ3n) is 3.85. The molecule has 7 nitrogen and oxygen atoms in total. The number of hydrogen-bond acceptors (Lipinski definition) is 6. The van der Waals surface area contributed by atoms with Crippen molar-refractivity contribution in [2.75, 3.05) is 5.32 Å². The summed E-state index contributed by atoms with van der Waals surface area (Å²) in [6, 6.07) is 11.2. The van der Waals surface area contributed by atoms with Gasteiger partial charge in [0.2, 0.25) is 5.91 Å². The zero-order valence-corrected chi connectivity index (χ0v) is 15.6. The van der Waals surface area contributed by atoms with Crippen molar-refractivity contribution < 1.29 is 9.21 Å². The van der Waals surface area contributed by atoms with Crippen LogP contribution in [0.2, 0.25) is 0 Å². The van der Waals surface area contributed by atoms with Crippen molar-refractivity contribution in [3.05, 3.63) is 59.1 Å². The zero-order chi connectivity index (χ0) is 18.8. The van der Waals surface area contributed by atoms with Gasteiger partial charge in [-0.05, 0) is 38.1 Å². The molecule has 3 aromatic heterocycles. The first-order chi connectivity index (χ1) is 13.1. The van der Waals surface area contributed by atoms with E-state index < -0.39 is 0 Å². The molecule has 3 heterocycles. The fourth-order valence-corrected chi connectivity index (χ4v) is 3.41. The number of aryl methyl sites for hydroxylation is 2. The number of aromatic amines is 1. The SMILES string of the molecule is Cc1nc(-c2cccc(NC(=O)Cc3csc(-c4ccc(C)o4)n3)c2)n[nH]1. The molecule has 0 saturated carbocycles. The number of anilines is 1. The van der Waals surface area contributed by atoms with Crippen molar-refractivity contribution in [2.24, 2.45) is 0 Å². The third kappa shape index (κ3) is 3.95. The molecule has 136 valence electrons. The van der Waals surface area contributed by atoms with Gasteiger partial charge in [-0.1, -0.05) is 12.1 Å². The molecule has 0 spiro atoms. The quantitative estimate of drug-likeness (QED) is 0.546. The van der Waals surface area contributed by atoms with Gasteiger partial charge in [0.1, 0.15) is 11.6 Å². The van der Waals surface area contributed by atoms with Gasteiger partial charge in [-0.2, -0.15) is 5.10 Å². The van der Waals surface area contributed by atoms with Gasteiger partial charge in [0.15, 0.2) is 16.6 Å². The average molecular weight is 379 g/mol. The van der Waals surface area contributed by atoms with Gasteiger partial charge in [-0.15, -0.1) is 11.3 Å². The second-order valence-corrected chi connectivity index (χ2v) is 6.96. The first-order valence-corrected chi connectivity index (χ1v) is 9.25. The largest absolute Gasteiger partial charge is 0.459 e. The second-order valence-electron chi connectivity index (χ2n) is 6.10. The standard InChI is InChI=1S/C19H17N5O2S/c1-11-6-7-16(26-11)19-22-15(10-27-19)9-17(25)21-14-5-3-4-13(8-14)18-20-12(2)23-24-18/h3-8,10H,9H2,1-2H3,(H,21,25)(H,20,23,24). The Morgan fingerprint density at radius 1 is 1.22 bits per heavy atom. The van der Waals surface area contributed by atoms with E-state index in [-0.39, 0.29) is 12.3 Å². The molecule has 1 aromatic carbocycles. The Bertz CT molecular complexity index is 1090. The maximum Gasteiger partial charge on any atom is 0.230 e. The molecule has 0 atom stereocenters. The average Bonchev–Trinajstić information content (AvgIpc) is 3.36. The van der Waals surface area contributed by atoms with E-state index in [0.29, 0.717) is 17.2 Å². The van der Waals surface area contributed by atoms with Crippen LogP contribution in [0.4, 0.5) is 5.69 Å². The summed E-state index contributed by atoms with van der Waals surface area (Å²) in [6.07, 6.45) is 0.195. The lowest BCUT2D eigenvalue weighted by Gasteiger charge is -2.05. The summed E-state index contributed by atoms with van der Waals surface area (Å²) in [7, 11) is 0. The number of carbonyl (C=O) groups is 1. The van der Waals surface area contributed by atoms with E-state index >= 15 is 0 Å². The lowest BCUT2D eigenvalue weighted by atomic mass is 10.2. The number of furan rings is 1. The topological polar surface area (TPSA) is 96.7 Å². The number of carbonyl (C=O) groups excluding carboxylic acids is 1. The summed E-state index contributed by atoms with van der Waals surface area (Å²) in [4.78, 5) is 21.2. The Balaban J connectivity index is 1.43. The van der Waals surface area contributed by atoms with Gasteiger partial charge in [0.25, 0.3) is 0 Å². The number of rotatable bonds is 5. The van der Waals surface area contributed by atoms with Crippen LogP contribution in [0, 0.1) is 13.8 Å². The lowest BCUT2D eigenvalue weighted by Crippen LogP contribution is -2.14. The number of benzene rings is 1. The predicted octanol–water partition coefficient (Wildman–Crippen LogP) is 3.99. The van der Waals surface area contributed by atoms with Gasteiger partial charge in [-0.25, -0.2) is 9.97 Å². The maximum atomic E-state index is 12.4.